The van der Waals surface area contributed by atoms with Crippen molar-refractivity contribution in [1.82, 2.24) is 9.88 Å². The number of carbonyl (C=O) groups is 1. The molecule has 4 rings (SSSR count). The third-order valence-electron chi connectivity index (χ3n) is 7.68. The molecule has 214 valence electrons. The zero-order valence-corrected chi connectivity index (χ0v) is 22.1. The van der Waals surface area contributed by atoms with Gasteiger partial charge in [0.15, 0.2) is 15.6 Å². The van der Waals surface area contributed by atoms with Gasteiger partial charge in [0.2, 0.25) is 0 Å². The Labute approximate surface area is 224 Å². The van der Waals surface area contributed by atoms with E-state index in [4.69, 9.17) is 0 Å². The standard InChI is InChI=1S/C27H31F5N2O4S/c28-26(29,27(30,31)32)12-11-19-3-10-23(33-18-19)20-4-8-22(9-5-20)39(37,38)25(24(36)2-1-17-35)13-15-34(16-14-25)21-6-7-21/h3-5,8-10,18,21,35H,1-2,6-7,11-17H2. The SMILES string of the molecule is O=C(CCCO)C1(S(=O)(=O)c2ccc(-c3ccc(CCC(F)(F)C(F)(F)F)cn3)cc2)CCN(C2CC2)CC1. The Hall–Kier alpha value is -2.44. The normalized spacial score (nSPS) is 18.7. The maximum Gasteiger partial charge on any atom is 0.453 e. The number of likely N-dealkylation sites (tertiary alicyclic amines) is 1. The van der Waals surface area contributed by atoms with Crippen LogP contribution in [-0.4, -0.2) is 71.8 Å². The van der Waals surface area contributed by atoms with Crippen molar-refractivity contribution in [2.75, 3.05) is 19.7 Å². The molecule has 1 aromatic heterocycles. The molecule has 1 aromatic carbocycles. The largest absolute Gasteiger partial charge is 0.453 e. The van der Waals surface area contributed by atoms with Crippen molar-refractivity contribution in [3.63, 3.8) is 0 Å². The number of sulfone groups is 1. The fourth-order valence-corrected chi connectivity index (χ4v) is 7.14. The number of aryl methyl sites for hydroxylation is 1. The monoisotopic (exact) mass is 574 g/mol. The number of nitrogens with zero attached hydrogens (tertiary/aromatic N) is 2. The maximum atomic E-state index is 13.9. The number of carbonyl (C=O) groups excluding carboxylic acids is 1. The summed E-state index contributed by atoms with van der Waals surface area (Å²) < 4.78 is 89.7. The van der Waals surface area contributed by atoms with Crippen molar-refractivity contribution < 1.29 is 40.3 Å². The third kappa shape index (κ3) is 6.17. The Bertz CT molecular complexity index is 1250. The predicted octanol–water partition coefficient (Wildman–Crippen LogP) is 4.99. The van der Waals surface area contributed by atoms with Crippen LogP contribution < -0.4 is 0 Å². The second-order valence-corrected chi connectivity index (χ2v) is 12.6. The van der Waals surface area contributed by atoms with Crippen molar-refractivity contribution in [1.29, 1.82) is 0 Å². The average molecular weight is 575 g/mol. The summed E-state index contributed by atoms with van der Waals surface area (Å²) >= 11 is 0. The molecule has 12 heteroatoms. The second kappa shape index (κ2) is 11.2. The van der Waals surface area contributed by atoms with E-state index in [1.807, 2.05) is 0 Å². The summed E-state index contributed by atoms with van der Waals surface area (Å²) in [6.45, 7) is 0.817. The number of halogens is 5. The molecule has 2 aromatic rings. The first-order valence-electron chi connectivity index (χ1n) is 12.9. The number of rotatable bonds is 11. The number of benzene rings is 1. The first-order chi connectivity index (χ1) is 18.3. The van der Waals surface area contributed by atoms with Crippen LogP contribution in [0, 0.1) is 0 Å². The molecule has 2 heterocycles. The van der Waals surface area contributed by atoms with E-state index >= 15 is 0 Å². The summed E-state index contributed by atoms with van der Waals surface area (Å²) in [5.74, 6) is -5.18. The number of aromatic nitrogens is 1. The Balaban J connectivity index is 1.50. The zero-order valence-electron chi connectivity index (χ0n) is 21.3. The fraction of sp³-hybridized carbons (Fsp3) is 0.556. The Morgan fingerprint density at radius 1 is 1.03 bits per heavy atom. The van der Waals surface area contributed by atoms with Crippen LogP contribution in [0.15, 0.2) is 47.5 Å². The number of pyridine rings is 1. The van der Waals surface area contributed by atoms with E-state index < -0.39 is 39.5 Å². The number of hydrogen-bond donors (Lipinski definition) is 1. The van der Waals surface area contributed by atoms with Gasteiger partial charge in [0.05, 0.1) is 10.6 Å². The molecule has 0 unspecified atom stereocenters. The molecule has 2 fully saturated rings. The van der Waals surface area contributed by atoms with Gasteiger partial charge in [-0.05, 0) is 62.3 Å². The second-order valence-electron chi connectivity index (χ2n) is 10.3. The molecule has 1 N–H and O–H groups in total. The Morgan fingerprint density at radius 2 is 1.67 bits per heavy atom. The third-order valence-corrected chi connectivity index (χ3v) is 10.2. The lowest BCUT2D eigenvalue weighted by Crippen LogP contribution is -2.54. The van der Waals surface area contributed by atoms with Gasteiger partial charge in [-0.1, -0.05) is 18.2 Å². The number of Topliss-reactive ketones (excluding diaryl/α,β-unsaturated/α-hetero) is 1. The summed E-state index contributed by atoms with van der Waals surface area (Å²) in [6.07, 6.45) is -3.60. The number of aliphatic hydroxyl groups is 1. The summed E-state index contributed by atoms with van der Waals surface area (Å²) in [7, 11) is -4.06. The van der Waals surface area contributed by atoms with Crippen LogP contribution in [0.1, 0.15) is 50.5 Å². The van der Waals surface area contributed by atoms with E-state index in [0.717, 1.165) is 12.8 Å². The first kappa shape index (κ1) is 29.5. The van der Waals surface area contributed by atoms with Gasteiger partial charge in [-0.3, -0.25) is 9.78 Å². The highest BCUT2D eigenvalue weighted by Crippen LogP contribution is 2.41. The van der Waals surface area contributed by atoms with E-state index in [0.29, 0.717) is 30.4 Å². The smallest absolute Gasteiger partial charge is 0.396 e. The van der Waals surface area contributed by atoms with Crippen LogP contribution in [0.5, 0.6) is 0 Å². The number of alkyl halides is 5. The van der Waals surface area contributed by atoms with Gasteiger partial charge in [0.25, 0.3) is 0 Å². The minimum absolute atomic E-state index is 0.00512. The summed E-state index contributed by atoms with van der Waals surface area (Å²) in [4.78, 5) is 19.6. The van der Waals surface area contributed by atoms with E-state index in [1.165, 1.54) is 42.6 Å². The molecule has 0 amide bonds. The first-order valence-corrected chi connectivity index (χ1v) is 14.4. The van der Waals surface area contributed by atoms with Crippen molar-refractivity contribution in [2.45, 2.75) is 79.1 Å². The van der Waals surface area contributed by atoms with Crippen molar-refractivity contribution in [2.24, 2.45) is 0 Å². The Kier molecular flexibility index (Phi) is 8.49. The van der Waals surface area contributed by atoms with Crippen molar-refractivity contribution >= 4 is 15.6 Å². The molecule has 0 spiro atoms. The van der Waals surface area contributed by atoms with E-state index in [-0.39, 0.29) is 48.5 Å². The van der Waals surface area contributed by atoms with Crippen LogP contribution in [0.4, 0.5) is 22.0 Å². The number of hydrogen-bond acceptors (Lipinski definition) is 6. The van der Waals surface area contributed by atoms with E-state index in [9.17, 15) is 40.3 Å². The summed E-state index contributed by atoms with van der Waals surface area (Å²) in [5.41, 5.74) is 1.12. The fourth-order valence-electron chi connectivity index (χ4n) is 5.07. The minimum atomic E-state index is -5.61. The Morgan fingerprint density at radius 3 is 2.18 bits per heavy atom. The molecular formula is C27H31F5N2O4S. The van der Waals surface area contributed by atoms with Crippen molar-refractivity contribution in [3.8, 4) is 11.3 Å². The molecular weight excluding hydrogens is 543 g/mol. The van der Waals surface area contributed by atoms with Gasteiger partial charge in [0.1, 0.15) is 4.75 Å². The highest BCUT2D eigenvalue weighted by Gasteiger charge is 2.56. The lowest BCUT2D eigenvalue weighted by atomic mass is 9.89. The molecule has 2 aliphatic rings. The molecule has 6 nitrogen and oxygen atoms in total. The van der Waals surface area contributed by atoms with Crippen LogP contribution in [0.2, 0.25) is 0 Å². The lowest BCUT2D eigenvalue weighted by molar-refractivity contribution is -0.284. The maximum absolute atomic E-state index is 13.9. The van der Waals surface area contributed by atoms with Gasteiger partial charge >= 0.3 is 12.1 Å². The minimum Gasteiger partial charge on any atom is -0.396 e. The van der Waals surface area contributed by atoms with Gasteiger partial charge in [-0.2, -0.15) is 22.0 Å². The quantitative estimate of drug-likeness (QED) is 0.381. The van der Waals surface area contributed by atoms with Crippen molar-refractivity contribution in [3.05, 3.63) is 48.2 Å². The van der Waals surface area contributed by atoms with Gasteiger partial charge in [-0.15, -0.1) is 0 Å². The van der Waals surface area contributed by atoms with Gasteiger partial charge in [0, 0.05) is 50.3 Å². The van der Waals surface area contributed by atoms with Crippen LogP contribution >= 0.6 is 0 Å². The highest BCUT2D eigenvalue weighted by atomic mass is 32.2. The summed E-state index contributed by atoms with van der Waals surface area (Å²) in [5, 5.41) is 9.20. The number of ketones is 1. The molecule has 1 saturated heterocycles. The molecule has 39 heavy (non-hydrogen) atoms. The highest BCUT2D eigenvalue weighted by molar-refractivity contribution is 7.93. The van der Waals surface area contributed by atoms with Crippen LogP contribution in [0.25, 0.3) is 11.3 Å². The van der Waals surface area contributed by atoms with Gasteiger partial charge < -0.3 is 10.0 Å². The number of aliphatic hydroxyl groups excluding tert-OH is 1. The zero-order chi connectivity index (χ0) is 28.5. The topological polar surface area (TPSA) is 87.6 Å². The molecule has 0 radical (unpaired) electrons. The molecule has 1 aliphatic heterocycles. The van der Waals surface area contributed by atoms with E-state index in [2.05, 4.69) is 9.88 Å². The van der Waals surface area contributed by atoms with E-state index in [1.54, 1.807) is 0 Å². The average Bonchev–Trinajstić information content (AvgIpc) is 3.76. The van der Waals surface area contributed by atoms with Crippen LogP contribution in [0.3, 0.4) is 0 Å². The summed E-state index contributed by atoms with van der Waals surface area (Å²) in [6, 6.07) is 9.19. The van der Waals surface area contributed by atoms with Gasteiger partial charge in [-0.25, -0.2) is 8.42 Å². The molecule has 0 bridgehead atoms. The van der Waals surface area contributed by atoms with Crippen LogP contribution in [-0.2, 0) is 21.1 Å². The lowest BCUT2D eigenvalue weighted by Gasteiger charge is -2.40. The molecule has 0 atom stereocenters. The predicted molar refractivity (Wildman–Crippen MR) is 134 cm³/mol. The molecule has 1 aliphatic carbocycles. The number of piperidine rings is 1. The molecule has 1 saturated carbocycles.